The molecule has 0 radical (unpaired) electrons. The van der Waals surface area contributed by atoms with Gasteiger partial charge in [0.05, 0.1) is 20.6 Å². The number of hydrogen-bond donors (Lipinski definition) is 0. The van der Waals surface area contributed by atoms with Crippen LogP contribution in [0.1, 0.15) is 128 Å². The van der Waals surface area contributed by atoms with E-state index in [-0.39, 0.29) is 0 Å². The molecule has 0 amide bonds. The van der Waals surface area contributed by atoms with Crippen molar-refractivity contribution >= 4 is 5.69 Å². The molecule has 0 aliphatic carbocycles. The first-order valence-electron chi connectivity index (χ1n) is 13.5. The molecule has 1 rings (SSSR count). The third kappa shape index (κ3) is 13.5. The number of unbranched alkanes of at least 4 members (excludes halogenated alkanes) is 17. The van der Waals surface area contributed by atoms with E-state index >= 15 is 0 Å². The highest BCUT2D eigenvalue weighted by molar-refractivity contribution is 5.48. The smallest absolute Gasteiger partial charge is 0.135 e. The zero-order valence-corrected chi connectivity index (χ0v) is 21.2. The second-order valence-electron chi connectivity index (χ2n) is 10.2. The fourth-order valence-corrected chi connectivity index (χ4v) is 4.77. The van der Waals surface area contributed by atoms with Gasteiger partial charge < -0.3 is 0 Å². The van der Waals surface area contributed by atoms with Gasteiger partial charge >= 0.3 is 0 Å². The van der Waals surface area contributed by atoms with Crippen LogP contribution in [0.4, 0.5) is 5.69 Å². The molecule has 0 N–H and O–H groups in total. The minimum absolute atomic E-state index is 1.02. The van der Waals surface area contributed by atoms with Crippen LogP contribution in [-0.2, 0) is 0 Å². The maximum atomic E-state index is 2.36. The van der Waals surface area contributed by atoms with Gasteiger partial charge in [0, 0.05) is 5.56 Å². The summed E-state index contributed by atoms with van der Waals surface area (Å²) in [4.78, 5) is 0. The highest BCUT2D eigenvalue weighted by Gasteiger charge is 2.19. The van der Waals surface area contributed by atoms with E-state index in [0.29, 0.717) is 0 Å². The Hall–Kier alpha value is -0.820. The summed E-state index contributed by atoms with van der Waals surface area (Å²) in [5, 5.41) is 0. The lowest BCUT2D eigenvalue weighted by Gasteiger charge is -2.30. The normalized spacial score (nSPS) is 11.9. The molecule has 1 aromatic carbocycles. The van der Waals surface area contributed by atoms with Gasteiger partial charge in [-0.05, 0) is 25.8 Å². The lowest BCUT2D eigenvalue weighted by molar-refractivity contribution is 0.379. The van der Waals surface area contributed by atoms with Crippen LogP contribution in [-0.4, -0.2) is 20.6 Å². The third-order valence-corrected chi connectivity index (χ3v) is 6.84. The molecule has 0 aliphatic heterocycles. The van der Waals surface area contributed by atoms with Crippen LogP contribution in [0.2, 0.25) is 0 Å². The van der Waals surface area contributed by atoms with Gasteiger partial charge in [-0.25, -0.2) is 0 Å². The van der Waals surface area contributed by atoms with E-state index in [1.807, 2.05) is 0 Å². The highest BCUT2D eigenvalue weighted by atomic mass is 15.3. The summed E-state index contributed by atoms with van der Waals surface area (Å²) in [6.07, 6.45) is 26.0. The van der Waals surface area contributed by atoms with E-state index in [2.05, 4.69) is 52.2 Å². The number of aryl methyl sites for hydroxylation is 1. The molecule has 0 bridgehead atoms. The van der Waals surface area contributed by atoms with E-state index in [1.54, 1.807) is 0 Å². The summed E-state index contributed by atoms with van der Waals surface area (Å²) in [5.74, 6) is 0. The predicted molar refractivity (Wildman–Crippen MR) is 138 cm³/mol. The van der Waals surface area contributed by atoms with Gasteiger partial charge in [-0.15, -0.1) is 0 Å². The Morgan fingerprint density at radius 3 is 1.30 bits per heavy atom. The summed E-state index contributed by atoms with van der Waals surface area (Å²) in [6, 6.07) is 8.86. The molecule has 1 nitrogen and oxygen atoms in total. The molecule has 0 aliphatic rings. The van der Waals surface area contributed by atoms with Gasteiger partial charge in [0.25, 0.3) is 0 Å². The van der Waals surface area contributed by atoms with Crippen LogP contribution < -0.4 is 4.48 Å². The second-order valence-corrected chi connectivity index (χ2v) is 10.2. The van der Waals surface area contributed by atoms with Gasteiger partial charge in [-0.2, -0.15) is 0 Å². The Labute approximate surface area is 190 Å². The first kappa shape index (κ1) is 27.2. The van der Waals surface area contributed by atoms with Crippen molar-refractivity contribution in [3.05, 3.63) is 29.8 Å². The van der Waals surface area contributed by atoms with Gasteiger partial charge in [-0.1, -0.05) is 128 Å². The maximum Gasteiger partial charge on any atom is 0.135 e. The van der Waals surface area contributed by atoms with E-state index in [9.17, 15) is 0 Å². The molecular formula is C29H54N+. The maximum absolute atomic E-state index is 2.36. The SMILES string of the molecule is CCCCCCCCCCCCCCCCCCCC[N+](C)(C)c1ccccc1C. The average molecular weight is 417 g/mol. The van der Waals surface area contributed by atoms with E-state index in [4.69, 9.17) is 0 Å². The van der Waals surface area contributed by atoms with Crippen LogP contribution >= 0.6 is 0 Å². The highest BCUT2D eigenvalue weighted by Crippen LogP contribution is 2.24. The summed E-state index contributed by atoms with van der Waals surface area (Å²) in [6.45, 7) is 5.80. The number of para-hydroxylation sites is 1. The molecule has 30 heavy (non-hydrogen) atoms. The Morgan fingerprint density at radius 1 is 0.533 bits per heavy atom. The van der Waals surface area contributed by atoms with Crippen molar-refractivity contribution in [2.75, 3.05) is 20.6 Å². The lowest BCUT2D eigenvalue weighted by atomic mass is 10.0. The monoisotopic (exact) mass is 416 g/mol. The summed E-state index contributed by atoms with van der Waals surface area (Å²) in [7, 11) is 4.71. The molecule has 1 heteroatoms. The molecule has 0 fully saturated rings. The Balaban J connectivity index is 1.84. The molecule has 0 heterocycles. The first-order chi connectivity index (χ1) is 14.6. The van der Waals surface area contributed by atoms with Crippen LogP contribution in [0.5, 0.6) is 0 Å². The van der Waals surface area contributed by atoms with Gasteiger partial charge in [-0.3, -0.25) is 4.48 Å². The minimum atomic E-state index is 1.02. The summed E-state index contributed by atoms with van der Waals surface area (Å²) < 4.78 is 1.02. The number of quaternary nitrogens is 1. The summed E-state index contributed by atoms with van der Waals surface area (Å²) in [5.41, 5.74) is 2.90. The second kappa shape index (κ2) is 17.8. The van der Waals surface area contributed by atoms with Crippen LogP contribution in [0.3, 0.4) is 0 Å². The molecular weight excluding hydrogens is 362 g/mol. The van der Waals surface area contributed by atoms with Crippen LogP contribution in [0, 0.1) is 6.92 Å². The molecule has 0 unspecified atom stereocenters. The Morgan fingerprint density at radius 2 is 0.900 bits per heavy atom. The van der Waals surface area contributed by atoms with Crippen molar-refractivity contribution in [3.63, 3.8) is 0 Å². The fraction of sp³-hybridized carbons (Fsp3) is 0.793. The molecule has 0 spiro atoms. The van der Waals surface area contributed by atoms with Crippen molar-refractivity contribution < 1.29 is 0 Å². The summed E-state index contributed by atoms with van der Waals surface area (Å²) >= 11 is 0. The molecule has 0 aromatic heterocycles. The molecule has 0 saturated heterocycles. The molecule has 0 atom stereocenters. The van der Waals surface area contributed by atoms with Gasteiger partial charge in [0.15, 0.2) is 0 Å². The van der Waals surface area contributed by atoms with Crippen molar-refractivity contribution in [3.8, 4) is 0 Å². The van der Waals surface area contributed by atoms with Crippen molar-refractivity contribution in [2.45, 2.75) is 129 Å². The molecule has 0 saturated carbocycles. The minimum Gasteiger partial charge on any atom is -0.296 e. The quantitative estimate of drug-likeness (QED) is 0.146. The zero-order chi connectivity index (χ0) is 21.9. The Bertz CT molecular complexity index is 505. The number of benzene rings is 1. The van der Waals surface area contributed by atoms with Crippen LogP contribution in [0.15, 0.2) is 24.3 Å². The zero-order valence-electron chi connectivity index (χ0n) is 21.2. The van der Waals surface area contributed by atoms with Crippen molar-refractivity contribution in [1.29, 1.82) is 0 Å². The number of nitrogens with zero attached hydrogens (tertiary/aromatic N) is 1. The topological polar surface area (TPSA) is 0 Å². The first-order valence-corrected chi connectivity index (χ1v) is 13.5. The van der Waals surface area contributed by atoms with Gasteiger partial charge in [0.2, 0.25) is 0 Å². The number of rotatable bonds is 20. The molecule has 174 valence electrons. The number of hydrogen-bond acceptors (Lipinski definition) is 0. The van der Waals surface area contributed by atoms with Crippen molar-refractivity contribution in [2.24, 2.45) is 0 Å². The Kier molecular flexibility index (Phi) is 16.2. The largest absolute Gasteiger partial charge is 0.296 e. The fourth-order valence-electron chi connectivity index (χ4n) is 4.77. The average Bonchev–Trinajstić information content (AvgIpc) is 2.73. The van der Waals surface area contributed by atoms with Gasteiger partial charge in [0.1, 0.15) is 5.69 Å². The van der Waals surface area contributed by atoms with E-state index in [1.165, 1.54) is 133 Å². The predicted octanol–water partition coefficient (Wildman–Crippen LogP) is 9.60. The lowest BCUT2D eigenvalue weighted by Crippen LogP contribution is -2.41. The standard InChI is InChI=1S/C29H54N/c1-5-6-7-8-9-10-11-12-13-14-15-16-17-18-19-20-21-24-27-30(3,4)29-26-23-22-25-28(29)2/h22-23,25-26H,5-21,24,27H2,1-4H3/q+1. The van der Waals surface area contributed by atoms with Crippen LogP contribution in [0.25, 0.3) is 0 Å². The van der Waals surface area contributed by atoms with E-state index < -0.39 is 0 Å². The third-order valence-electron chi connectivity index (χ3n) is 6.84. The molecule has 1 aromatic rings. The van der Waals surface area contributed by atoms with Crippen molar-refractivity contribution in [1.82, 2.24) is 4.48 Å². The van der Waals surface area contributed by atoms with E-state index in [0.717, 1.165) is 4.48 Å².